The zero-order valence-electron chi connectivity index (χ0n) is 30.7. The Morgan fingerprint density at radius 1 is 0.944 bits per heavy atom. The zero-order valence-corrected chi connectivity index (χ0v) is 30.7. The third-order valence-corrected chi connectivity index (χ3v) is 8.81. The van der Waals surface area contributed by atoms with Gasteiger partial charge in [-0.3, -0.25) is 14.5 Å². The van der Waals surface area contributed by atoms with Gasteiger partial charge in [0.15, 0.2) is 0 Å². The molecule has 2 aliphatic rings. The average molecular weight is 749 g/mol. The Kier molecular flexibility index (Phi) is 13.3. The van der Waals surface area contributed by atoms with E-state index in [0.717, 1.165) is 5.56 Å². The molecule has 0 spiro atoms. The van der Waals surface area contributed by atoms with Gasteiger partial charge in [0.2, 0.25) is 0 Å². The van der Waals surface area contributed by atoms with Crippen LogP contribution in [0.5, 0.6) is 5.75 Å². The van der Waals surface area contributed by atoms with Gasteiger partial charge in [-0.15, -0.1) is 13.2 Å². The summed E-state index contributed by atoms with van der Waals surface area (Å²) >= 11 is 0. The molecule has 6 rings (SSSR count). The maximum absolute atomic E-state index is 13.4. The lowest BCUT2D eigenvalue weighted by Crippen LogP contribution is -2.49. The molecule has 0 bridgehead atoms. The summed E-state index contributed by atoms with van der Waals surface area (Å²) in [4.78, 5) is 38.7. The van der Waals surface area contributed by atoms with Crippen molar-refractivity contribution in [2.75, 3.05) is 57.8 Å². The van der Waals surface area contributed by atoms with Gasteiger partial charge in [0.25, 0.3) is 11.8 Å². The number of fused-ring (bicyclic) bond motifs is 1. The maximum atomic E-state index is 13.4. The van der Waals surface area contributed by atoms with E-state index in [0.29, 0.717) is 91.8 Å². The number of nitrogens with zero attached hydrogens (tertiary/aromatic N) is 4. The summed E-state index contributed by atoms with van der Waals surface area (Å²) in [7, 11) is -0.995. The van der Waals surface area contributed by atoms with Crippen LogP contribution in [0.1, 0.15) is 54.0 Å². The Morgan fingerprint density at radius 3 is 2.41 bits per heavy atom. The SMILES string of the molecule is CC.CC1(C)OB(O)c2ccc(C(=O)NCCOCCN3CCN(C(=O)c4cccc(-c5cc(Nc6ccc(OC(F)(F)F)cc6)ncn5)c4)CC3)cc21. The average Bonchev–Trinajstić information content (AvgIpc) is 3.40. The van der Waals surface area contributed by atoms with Gasteiger partial charge in [0, 0.05) is 67.7 Å². The normalized spacial score (nSPS) is 15.2. The molecule has 3 N–H and O–H groups in total. The number of hydrogen-bond acceptors (Lipinski definition) is 10. The Labute approximate surface area is 312 Å². The quantitative estimate of drug-likeness (QED) is 0.135. The van der Waals surface area contributed by atoms with Gasteiger partial charge < -0.3 is 34.7 Å². The second kappa shape index (κ2) is 17.9. The third-order valence-electron chi connectivity index (χ3n) is 8.81. The molecular weight excluding hydrogens is 704 g/mol. The lowest BCUT2D eigenvalue weighted by Gasteiger charge is -2.34. The molecule has 12 nitrogen and oxygen atoms in total. The van der Waals surface area contributed by atoms with E-state index in [-0.39, 0.29) is 17.6 Å². The van der Waals surface area contributed by atoms with Gasteiger partial charge in [0.1, 0.15) is 17.9 Å². The van der Waals surface area contributed by atoms with Crippen molar-refractivity contribution < 1.29 is 41.9 Å². The number of carbonyl (C=O) groups excluding carboxylic acids is 2. The minimum atomic E-state index is -4.77. The molecule has 2 amide bonds. The van der Waals surface area contributed by atoms with Crippen LogP contribution in [0.15, 0.2) is 79.1 Å². The molecule has 286 valence electrons. The number of anilines is 2. The molecular formula is C38H44BF3N6O6. The van der Waals surface area contributed by atoms with E-state index < -0.39 is 19.1 Å². The molecule has 1 fully saturated rings. The molecule has 4 aromatic rings. The molecule has 0 aliphatic carbocycles. The number of hydrogen-bond donors (Lipinski definition) is 3. The molecule has 2 aliphatic heterocycles. The topological polar surface area (TPSA) is 138 Å². The van der Waals surface area contributed by atoms with Crippen LogP contribution in [-0.2, 0) is 15.0 Å². The minimum absolute atomic E-state index is 0.0855. The van der Waals surface area contributed by atoms with Crippen molar-refractivity contribution in [3.8, 4) is 17.0 Å². The van der Waals surface area contributed by atoms with Gasteiger partial charge in [-0.1, -0.05) is 32.0 Å². The smallest absolute Gasteiger partial charge is 0.423 e. The lowest BCUT2D eigenvalue weighted by atomic mass is 9.78. The van der Waals surface area contributed by atoms with Crippen molar-refractivity contribution in [1.82, 2.24) is 25.1 Å². The van der Waals surface area contributed by atoms with Gasteiger partial charge in [-0.2, -0.15) is 0 Å². The van der Waals surface area contributed by atoms with Crippen molar-refractivity contribution in [1.29, 1.82) is 0 Å². The Hall–Kier alpha value is -5.03. The number of rotatable bonds is 12. The van der Waals surface area contributed by atoms with Crippen LogP contribution in [0.4, 0.5) is 24.7 Å². The van der Waals surface area contributed by atoms with E-state index in [4.69, 9.17) is 9.39 Å². The number of alkyl halides is 3. The summed E-state index contributed by atoms with van der Waals surface area (Å²) in [6.07, 6.45) is -3.40. The van der Waals surface area contributed by atoms with Crippen LogP contribution in [0.3, 0.4) is 0 Å². The fraction of sp³-hybridized carbons (Fsp3) is 0.368. The van der Waals surface area contributed by atoms with Crippen LogP contribution >= 0.6 is 0 Å². The highest BCUT2D eigenvalue weighted by Gasteiger charge is 2.40. The summed E-state index contributed by atoms with van der Waals surface area (Å²) < 4.78 is 52.6. The summed E-state index contributed by atoms with van der Waals surface area (Å²) in [5.74, 6) is -0.213. The third kappa shape index (κ3) is 10.6. The van der Waals surface area contributed by atoms with E-state index in [1.54, 1.807) is 42.5 Å². The van der Waals surface area contributed by atoms with Crippen LogP contribution < -0.4 is 20.8 Å². The van der Waals surface area contributed by atoms with Crippen molar-refractivity contribution in [3.05, 3.63) is 95.8 Å². The molecule has 1 aromatic heterocycles. The first kappa shape index (κ1) is 40.2. The van der Waals surface area contributed by atoms with E-state index in [2.05, 4.69) is 30.2 Å². The number of benzene rings is 3. The number of halogens is 3. The van der Waals surface area contributed by atoms with Gasteiger partial charge in [0.05, 0.1) is 24.5 Å². The molecule has 0 unspecified atom stereocenters. The van der Waals surface area contributed by atoms with Crippen LogP contribution in [0, 0.1) is 0 Å². The van der Waals surface area contributed by atoms with E-state index in [1.807, 2.05) is 38.7 Å². The van der Waals surface area contributed by atoms with Crippen LogP contribution in [0.2, 0.25) is 0 Å². The molecule has 3 heterocycles. The summed E-state index contributed by atoms with van der Waals surface area (Å²) in [6, 6.07) is 19.3. The fourth-order valence-electron chi connectivity index (χ4n) is 6.11. The van der Waals surface area contributed by atoms with E-state index >= 15 is 0 Å². The molecule has 16 heteroatoms. The standard InChI is InChI=1S/C36H38BF3N6O6.C2H6/c1-35(2)29-21-25(6-11-30(29)37(49)52-35)33(47)41-12-18-50-19-17-45-13-15-46(16-14-45)34(48)26-5-3-4-24(20-26)31-22-32(43-23-42-31)44-27-7-9-28(10-8-27)51-36(38,39)40;1-2/h3-11,20-23,49H,12-19H2,1-2H3,(H,41,47)(H,42,43,44);1-2H3. The predicted molar refractivity (Wildman–Crippen MR) is 199 cm³/mol. The number of aromatic nitrogens is 2. The second-order valence-electron chi connectivity index (χ2n) is 12.9. The summed E-state index contributed by atoms with van der Waals surface area (Å²) in [6.45, 7) is 12.1. The number of ether oxygens (including phenoxy) is 2. The summed E-state index contributed by atoms with van der Waals surface area (Å²) in [5, 5.41) is 16.0. The Bertz CT molecular complexity index is 1890. The van der Waals surface area contributed by atoms with Gasteiger partial charge >= 0.3 is 13.5 Å². The highest BCUT2D eigenvalue weighted by atomic mass is 19.4. The van der Waals surface area contributed by atoms with Crippen LogP contribution in [-0.4, -0.2) is 103 Å². The first-order chi connectivity index (χ1) is 25.8. The molecule has 0 atom stereocenters. The highest BCUT2D eigenvalue weighted by molar-refractivity contribution is 6.62. The van der Waals surface area contributed by atoms with Crippen molar-refractivity contribution in [2.45, 2.75) is 39.7 Å². The fourth-order valence-corrected chi connectivity index (χ4v) is 6.11. The first-order valence-corrected chi connectivity index (χ1v) is 17.8. The molecule has 3 aromatic carbocycles. The van der Waals surface area contributed by atoms with Gasteiger partial charge in [-0.05, 0) is 73.4 Å². The lowest BCUT2D eigenvalue weighted by molar-refractivity contribution is -0.274. The predicted octanol–water partition coefficient (Wildman–Crippen LogP) is 4.97. The Balaban J connectivity index is 0.00000276. The van der Waals surface area contributed by atoms with Crippen molar-refractivity contribution in [3.63, 3.8) is 0 Å². The largest absolute Gasteiger partial charge is 0.573 e. The number of carbonyl (C=O) groups is 2. The Morgan fingerprint density at radius 2 is 1.69 bits per heavy atom. The first-order valence-electron chi connectivity index (χ1n) is 17.8. The zero-order chi connectivity index (χ0) is 38.9. The maximum Gasteiger partial charge on any atom is 0.573 e. The van der Waals surface area contributed by atoms with Crippen molar-refractivity contribution >= 4 is 35.9 Å². The molecule has 0 radical (unpaired) electrons. The van der Waals surface area contributed by atoms with E-state index in [9.17, 15) is 27.8 Å². The molecule has 0 saturated carbocycles. The molecule has 1 saturated heterocycles. The number of amides is 2. The monoisotopic (exact) mass is 748 g/mol. The van der Waals surface area contributed by atoms with Crippen molar-refractivity contribution in [2.24, 2.45) is 0 Å². The second-order valence-corrected chi connectivity index (χ2v) is 12.9. The summed E-state index contributed by atoms with van der Waals surface area (Å²) in [5.41, 5.74) is 3.59. The number of piperazine rings is 1. The van der Waals surface area contributed by atoms with E-state index in [1.165, 1.54) is 30.6 Å². The highest BCUT2D eigenvalue weighted by Crippen LogP contribution is 2.30. The van der Waals surface area contributed by atoms with Crippen LogP contribution in [0.25, 0.3) is 11.3 Å². The number of nitrogens with one attached hydrogen (secondary N) is 2. The molecule has 54 heavy (non-hydrogen) atoms. The minimum Gasteiger partial charge on any atom is -0.423 e. The van der Waals surface area contributed by atoms with Gasteiger partial charge in [-0.25, -0.2) is 9.97 Å².